The number of unbranched alkanes of at least 4 members (excludes halogenated alkanes) is 1. The van der Waals surface area contributed by atoms with Crippen LogP contribution in [0.4, 0.5) is 5.69 Å². The van der Waals surface area contributed by atoms with Crippen molar-refractivity contribution in [2.45, 2.75) is 86.5 Å². The Morgan fingerprint density at radius 3 is 2.15 bits per heavy atom. The van der Waals surface area contributed by atoms with E-state index >= 15 is 0 Å². The van der Waals surface area contributed by atoms with Crippen LogP contribution < -0.4 is 0 Å². The van der Waals surface area contributed by atoms with Crippen LogP contribution in [-0.2, 0) is 25.1 Å². The number of hydrogen-bond donors (Lipinski definition) is 2. The molecular formula is C38H51INO6S+. The number of carbonyl (C=O) groups is 1. The summed E-state index contributed by atoms with van der Waals surface area (Å²) in [6.45, 7) is 17.2. The molecule has 0 amide bonds. The smallest absolute Gasteiger partial charge is 0.307 e. The third kappa shape index (κ3) is 10.1. The second-order valence-electron chi connectivity index (χ2n) is 14.5. The molecule has 0 saturated heterocycles. The van der Waals surface area contributed by atoms with Gasteiger partial charge in [0.1, 0.15) is 18.1 Å². The van der Waals surface area contributed by atoms with E-state index in [1.165, 1.54) is 0 Å². The number of fused-ring (bicyclic) bond motifs is 1. The number of ether oxygens (including phenoxy) is 1. The lowest BCUT2D eigenvalue weighted by molar-refractivity contribution is -0.437. The Kier molecular flexibility index (Phi) is 12.9. The molecule has 0 spiro atoms. The predicted molar refractivity (Wildman–Crippen MR) is 200 cm³/mol. The lowest BCUT2D eigenvalue weighted by Crippen LogP contribution is -2.43. The fourth-order valence-electron chi connectivity index (χ4n) is 5.91. The van der Waals surface area contributed by atoms with Gasteiger partial charge in [-0.3, -0.25) is 9.35 Å². The van der Waals surface area contributed by atoms with Crippen LogP contribution in [0, 0.1) is 20.3 Å². The van der Waals surface area contributed by atoms with E-state index in [-0.39, 0.29) is 23.0 Å². The monoisotopic (exact) mass is 776 g/mol. The maximum Gasteiger partial charge on any atom is 0.307 e. The van der Waals surface area contributed by atoms with Crippen LogP contribution in [0.1, 0.15) is 86.6 Å². The van der Waals surface area contributed by atoms with Gasteiger partial charge in [-0.25, -0.2) is 0 Å². The molecule has 0 radical (unpaired) electrons. The zero-order chi connectivity index (χ0) is 35.2. The van der Waals surface area contributed by atoms with Gasteiger partial charge in [0, 0.05) is 38.5 Å². The molecule has 2 aliphatic rings. The summed E-state index contributed by atoms with van der Waals surface area (Å²) in [5, 5.41) is 10.5. The number of hydrogen-bond acceptors (Lipinski definition) is 4. The van der Waals surface area contributed by atoms with Crippen molar-refractivity contribution in [2.24, 2.45) is 16.7 Å². The number of carboxylic acid groups (broad SMARTS) is 1. The quantitative estimate of drug-likeness (QED) is 0.0897. The van der Waals surface area contributed by atoms with Crippen molar-refractivity contribution in [3.63, 3.8) is 0 Å². The van der Waals surface area contributed by atoms with Crippen molar-refractivity contribution in [1.82, 2.24) is 0 Å². The van der Waals surface area contributed by atoms with E-state index in [9.17, 15) is 22.9 Å². The lowest BCUT2D eigenvalue weighted by Gasteiger charge is -2.32. The van der Waals surface area contributed by atoms with Gasteiger partial charge in [-0.05, 0) is 65.8 Å². The predicted octanol–water partition coefficient (Wildman–Crippen LogP) is 9.30. The van der Waals surface area contributed by atoms with E-state index in [2.05, 4.69) is 89.3 Å². The van der Waals surface area contributed by atoms with Crippen molar-refractivity contribution in [3.8, 4) is 0 Å². The van der Waals surface area contributed by atoms with Crippen LogP contribution in [0.5, 0.6) is 0 Å². The highest BCUT2D eigenvalue weighted by Crippen LogP contribution is 2.47. The average Bonchev–Trinajstić information content (AvgIpc) is 3.17. The minimum absolute atomic E-state index is 0.126. The van der Waals surface area contributed by atoms with E-state index in [1.807, 2.05) is 66.2 Å². The minimum atomic E-state index is -4.13. The van der Waals surface area contributed by atoms with Gasteiger partial charge < -0.3 is 9.84 Å². The molecule has 0 saturated carbocycles. The highest BCUT2D eigenvalue weighted by molar-refractivity contribution is 14.1. The van der Waals surface area contributed by atoms with Crippen molar-refractivity contribution < 1.29 is 32.2 Å². The Morgan fingerprint density at radius 2 is 1.60 bits per heavy atom. The summed E-state index contributed by atoms with van der Waals surface area (Å²) < 4.78 is 41.7. The number of allylic oxidation sites excluding steroid dienone is 12. The van der Waals surface area contributed by atoms with Crippen LogP contribution in [0.2, 0.25) is 0 Å². The number of benzene rings is 1. The molecule has 0 aliphatic carbocycles. The van der Waals surface area contributed by atoms with Gasteiger partial charge in [0.05, 0.1) is 17.1 Å². The van der Waals surface area contributed by atoms with Gasteiger partial charge >= 0.3 is 5.97 Å². The number of carboxylic acids is 1. The fraction of sp³-hybridized carbons (Fsp3) is 0.474. The van der Waals surface area contributed by atoms with E-state index in [0.29, 0.717) is 13.0 Å². The van der Waals surface area contributed by atoms with Gasteiger partial charge in [0.15, 0.2) is 5.71 Å². The van der Waals surface area contributed by atoms with Crippen molar-refractivity contribution in [1.29, 1.82) is 0 Å². The van der Waals surface area contributed by atoms with E-state index in [4.69, 9.17) is 4.74 Å². The van der Waals surface area contributed by atoms with E-state index < -0.39 is 27.4 Å². The summed E-state index contributed by atoms with van der Waals surface area (Å²) in [5.41, 5.74) is 2.53. The summed E-state index contributed by atoms with van der Waals surface area (Å²) in [6, 6.07) is 5.99. The summed E-state index contributed by atoms with van der Waals surface area (Å²) in [6.07, 6.45) is 20.2. The van der Waals surface area contributed by atoms with Crippen LogP contribution >= 0.6 is 22.6 Å². The average molecular weight is 777 g/mol. The molecule has 9 heteroatoms. The van der Waals surface area contributed by atoms with Crippen molar-refractivity contribution in [3.05, 3.63) is 99.1 Å². The third-order valence-corrected chi connectivity index (χ3v) is 10.0. The fourth-order valence-corrected chi connectivity index (χ4v) is 6.90. The largest absolute Gasteiger partial charge is 0.481 e. The first-order chi connectivity index (χ1) is 21.8. The first-order valence-corrected chi connectivity index (χ1v) is 18.9. The summed E-state index contributed by atoms with van der Waals surface area (Å²) >= 11 is 2.24. The molecule has 256 valence electrons. The topological polar surface area (TPSA) is 104 Å². The number of rotatable bonds is 13. The molecule has 2 unspecified atom stereocenters. The highest BCUT2D eigenvalue weighted by Gasteiger charge is 2.54. The molecule has 0 fully saturated rings. The van der Waals surface area contributed by atoms with Gasteiger partial charge in [0.25, 0.3) is 10.1 Å². The number of halogens is 1. The second kappa shape index (κ2) is 15.6. The molecular weight excluding hydrogens is 725 g/mol. The Bertz CT molecular complexity index is 1630. The molecule has 1 aromatic rings. The first kappa shape index (κ1) is 38.7. The lowest BCUT2D eigenvalue weighted by atomic mass is 9.67. The van der Waals surface area contributed by atoms with Gasteiger partial charge in [-0.15, -0.1) is 0 Å². The first-order valence-electron chi connectivity index (χ1n) is 16.3. The van der Waals surface area contributed by atoms with Gasteiger partial charge in [-0.2, -0.15) is 13.0 Å². The molecule has 0 aromatic heterocycles. The molecule has 7 nitrogen and oxygen atoms in total. The molecule has 2 aliphatic heterocycles. The van der Waals surface area contributed by atoms with Gasteiger partial charge in [0.2, 0.25) is 5.69 Å². The molecule has 1 aromatic carbocycles. The van der Waals surface area contributed by atoms with Crippen molar-refractivity contribution in [2.75, 3.05) is 12.3 Å². The second-order valence-corrected chi connectivity index (χ2v) is 17.3. The Hall–Kier alpha value is -2.76. The zero-order valence-corrected chi connectivity index (χ0v) is 32.0. The Morgan fingerprint density at radius 1 is 1.00 bits per heavy atom. The zero-order valence-electron chi connectivity index (χ0n) is 29.0. The summed E-state index contributed by atoms with van der Waals surface area (Å²) in [4.78, 5) is 12.8. The third-order valence-electron chi connectivity index (χ3n) is 8.54. The molecule has 2 heterocycles. The van der Waals surface area contributed by atoms with Crippen LogP contribution in [0.15, 0.2) is 90.0 Å². The van der Waals surface area contributed by atoms with Crippen LogP contribution in [0.3, 0.4) is 0 Å². The summed E-state index contributed by atoms with van der Waals surface area (Å²) in [7, 11) is -4.13. The standard InChI is InChI=1S/C38H50INO6S/c1-9-10-18-29(35(41)42)38(8)30-26-28(39)20-21-31(30)40(22-16-23-47(43,44)45)32(38)19-15-13-11-12-14-17-27-24-33(36(2,3)4)46-34(25-27)37(5,6)7/h11-15,17,19-21,24-26,29H,9-10,16,18,22-23H2,1-8H3,(H-,41,42,43,44,45)/p+1/b13-11+,14-12+,19-15+. The number of aliphatic carboxylic acids is 1. The SMILES string of the molecule is CCCCC(C(=O)O)C1(C)C(/C=C/C=C/C=C/C=C2C=C(C(C)(C)C)OC(C(C)(C)C)=C2)=[N+](CCCS(=O)(=O)O)c2ccc(I)cc21. The van der Waals surface area contributed by atoms with E-state index in [0.717, 1.165) is 50.5 Å². The highest BCUT2D eigenvalue weighted by atomic mass is 127. The molecule has 2 atom stereocenters. The molecule has 47 heavy (non-hydrogen) atoms. The normalized spacial score (nSPS) is 19.7. The molecule has 3 rings (SSSR count). The van der Waals surface area contributed by atoms with Crippen LogP contribution in [-0.4, -0.2) is 46.6 Å². The van der Waals surface area contributed by atoms with E-state index in [1.54, 1.807) is 0 Å². The van der Waals surface area contributed by atoms with Gasteiger partial charge in [-0.1, -0.05) is 97.8 Å². The number of nitrogens with zero attached hydrogens (tertiary/aromatic N) is 1. The summed E-state index contributed by atoms with van der Waals surface area (Å²) in [5.74, 6) is -0.0633. The van der Waals surface area contributed by atoms with Crippen LogP contribution in [0.25, 0.3) is 0 Å². The van der Waals surface area contributed by atoms with Crippen molar-refractivity contribution >= 4 is 50.1 Å². The molecule has 2 N–H and O–H groups in total. The Labute approximate surface area is 295 Å². The Balaban J connectivity index is 2.00. The molecule has 0 bridgehead atoms. The maximum atomic E-state index is 12.8. The maximum absolute atomic E-state index is 12.8. The minimum Gasteiger partial charge on any atom is -0.481 e.